The van der Waals surface area contributed by atoms with E-state index in [2.05, 4.69) is 27.4 Å². The molecule has 1 heteroatoms. The maximum atomic E-state index is 5.54. The van der Waals surface area contributed by atoms with Crippen LogP contribution in [0.1, 0.15) is 34.1 Å². The number of hydrogen-bond donors (Lipinski definition) is 1. The van der Waals surface area contributed by atoms with Crippen LogP contribution in [0, 0.1) is 5.41 Å². The minimum atomic E-state index is 0.181. The SMILES string of the molecule is C=C(/C=C(/C)N)C(C)(C)CC. The predicted molar refractivity (Wildman–Crippen MR) is 51.2 cm³/mol. The summed E-state index contributed by atoms with van der Waals surface area (Å²) in [7, 11) is 0. The van der Waals surface area contributed by atoms with Crippen LogP contribution in [0.15, 0.2) is 23.9 Å². The van der Waals surface area contributed by atoms with E-state index < -0.39 is 0 Å². The van der Waals surface area contributed by atoms with E-state index >= 15 is 0 Å². The Labute approximate surface area is 70.0 Å². The van der Waals surface area contributed by atoms with Gasteiger partial charge >= 0.3 is 0 Å². The first-order valence-corrected chi connectivity index (χ1v) is 4.03. The Balaban J connectivity index is 4.37. The van der Waals surface area contributed by atoms with E-state index in [-0.39, 0.29) is 5.41 Å². The zero-order chi connectivity index (χ0) is 9.07. The van der Waals surface area contributed by atoms with Crippen LogP contribution in [0.4, 0.5) is 0 Å². The van der Waals surface area contributed by atoms with Crippen LogP contribution in [0.3, 0.4) is 0 Å². The molecule has 0 saturated heterocycles. The molecule has 0 aromatic carbocycles. The van der Waals surface area contributed by atoms with Crippen molar-refractivity contribution in [1.29, 1.82) is 0 Å². The van der Waals surface area contributed by atoms with Gasteiger partial charge in [-0.25, -0.2) is 0 Å². The Morgan fingerprint density at radius 3 is 2.27 bits per heavy atom. The van der Waals surface area contributed by atoms with E-state index in [0.29, 0.717) is 0 Å². The molecule has 0 aromatic heterocycles. The lowest BCUT2D eigenvalue weighted by molar-refractivity contribution is 0.441. The van der Waals surface area contributed by atoms with Gasteiger partial charge in [0.15, 0.2) is 0 Å². The fourth-order valence-corrected chi connectivity index (χ4v) is 0.697. The molecule has 0 rings (SSSR count). The lowest BCUT2D eigenvalue weighted by atomic mass is 9.82. The minimum Gasteiger partial charge on any atom is -0.402 e. The van der Waals surface area contributed by atoms with E-state index in [0.717, 1.165) is 17.7 Å². The van der Waals surface area contributed by atoms with Gasteiger partial charge in [0.2, 0.25) is 0 Å². The predicted octanol–water partition coefficient (Wildman–Crippen LogP) is 2.84. The van der Waals surface area contributed by atoms with Gasteiger partial charge in [-0.1, -0.05) is 27.4 Å². The molecule has 0 fully saturated rings. The van der Waals surface area contributed by atoms with E-state index in [4.69, 9.17) is 5.73 Å². The van der Waals surface area contributed by atoms with Crippen molar-refractivity contribution in [2.75, 3.05) is 0 Å². The lowest BCUT2D eigenvalue weighted by Gasteiger charge is -2.23. The van der Waals surface area contributed by atoms with Gasteiger partial charge in [-0.2, -0.15) is 0 Å². The van der Waals surface area contributed by atoms with Crippen LogP contribution in [-0.4, -0.2) is 0 Å². The molecular formula is C10H19N. The van der Waals surface area contributed by atoms with E-state index in [1.54, 1.807) is 0 Å². The van der Waals surface area contributed by atoms with Crippen molar-refractivity contribution in [1.82, 2.24) is 0 Å². The van der Waals surface area contributed by atoms with E-state index in [9.17, 15) is 0 Å². The second-order valence-electron chi connectivity index (χ2n) is 3.65. The second-order valence-corrected chi connectivity index (χ2v) is 3.65. The summed E-state index contributed by atoms with van der Waals surface area (Å²) >= 11 is 0. The van der Waals surface area contributed by atoms with Crippen molar-refractivity contribution in [3.63, 3.8) is 0 Å². The summed E-state index contributed by atoms with van der Waals surface area (Å²) < 4.78 is 0. The molecule has 64 valence electrons. The summed E-state index contributed by atoms with van der Waals surface area (Å²) in [6, 6.07) is 0. The van der Waals surface area contributed by atoms with Crippen molar-refractivity contribution in [3.8, 4) is 0 Å². The molecule has 2 N–H and O–H groups in total. The first kappa shape index (κ1) is 10.3. The quantitative estimate of drug-likeness (QED) is 0.620. The summed E-state index contributed by atoms with van der Waals surface area (Å²) in [5.41, 5.74) is 7.67. The molecule has 0 amide bonds. The number of hydrogen-bond acceptors (Lipinski definition) is 1. The van der Waals surface area contributed by atoms with Crippen molar-refractivity contribution < 1.29 is 0 Å². The maximum Gasteiger partial charge on any atom is 0.00516 e. The number of nitrogens with two attached hydrogens (primary N) is 1. The molecule has 0 saturated carbocycles. The van der Waals surface area contributed by atoms with Crippen LogP contribution in [-0.2, 0) is 0 Å². The molecule has 0 aliphatic rings. The van der Waals surface area contributed by atoms with Gasteiger partial charge in [-0.05, 0) is 30.4 Å². The van der Waals surface area contributed by atoms with Crippen molar-refractivity contribution >= 4 is 0 Å². The third-order valence-corrected chi connectivity index (χ3v) is 2.16. The zero-order valence-electron chi connectivity index (χ0n) is 8.07. The molecule has 0 radical (unpaired) electrons. The number of rotatable bonds is 3. The molecular weight excluding hydrogens is 134 g/mol. The molecule has 1 nitrogen and oxygen atoms in total. The number of allylic oxidation sites excluding steroid dienone is 3. The highest BCUT2D eigenvalue weighted by Crippen LogP contribution is 2.29. The maximum absolute atomic E-state index is 5.54. The van der Waals surface area contributed by atoms with E-state index in [1.165, 1.54) is 0 Å². The normalized spacial score (nSPS) is 13.3. The third kappa shape index (κ3) is 3.26. The van der Waals surface area contributed by atoms with Gasteiger partial charge in [0.1, 0.15) is 0 Å². The standard InChI is InChI=1S/C10H19N/c1-6-10(4,5)8(2)7-9(3)11/h7H,2,6,11H2,1,3-5H3/b9-7-. The van der Waals surface area contributed by atoms with Crippen LogP contribution < -0.4 is 5.73 Å². The van der Waals surface area contributed by atoms with Gasteiger partial charge in [0, 0.05) is 5.70 Å². The molecule has 0 atom stereocenters. The molecule has 0 unspecified atom stereocenters. The van der Waals surface area contributed by atoms with Crippen molar-refractivity contribution in [2.24, 2.45) is 11.1 Å². The Morgan fingerprint density at radius 1 is 1.55 bits per heavy atom. The second kappa shape index (κ2) is 3.61. The topological polar surface area (TPSA) is 26.0 Å². The smallest absolute Gasteiger partial charge is 0.00516 e. The molecule has 0 aliphatic heterocycles. The molecule has 0 spiro atoms. The highest BCUT2D eigenvalue weighted by molar-refractivity contribution is 5.23. The molecule has 0 heterocycles. The largest absolute Gasteiger partial charge is 0.402 e. The highest BCUT2D eigenvalue weighted by atomic mass is 14.5. The summed E-state index contributed by atoms with van der Waals surface area (Å²) in [5.74, 6) is 0. The third-order valence-electron chi connectivity index (χ3n) is 2.16. The molecule has 0 aliphatic carbocycles. The van der Waals surface area contributed by atoms with Crippen LogP contribution in [0.2, 0.25) is 0 Å². The summed E-state index contributed by atoms with van der Waals surface area (Å²) in [5, 5.41) is 0. The highest BCUT2D eigenvalue weighted by Gasteiger charge is 2.16. The Bertz CT molecular complexity index is 171. The Kier molecular flexibility index (Phi) is 3.37. The van der Waals surface area contributed by atoms with Crippen molar-refractivity contribution in [2.45, 2.75) is 34.1 Å². The van der Waals surface area contributed by atoms with Gasteiger partial charge in [-0.3, -0.25) is 0 Å². The van der Waals surface area contributed by atoms with Gasteiger partial charge in [-0.15, -0.1) is 0 Å². The monoisotopic (exact) mass is 153 g/mol. The average Bonchev–Trinajstić information content (AvgIpc) is 1.86. The molecule has 11 heavy (non-hydrogen) atoms. The minimum absolute atomic E-state index is 0.181. The summed E-state index contributed by atoms with van der Waals surface area (Å²) in [4.78, 5) is 0. The van der Waals surface area contributed by atoms with Crippen LogP contribution in [0.5, 0.6) is 0 Å². The fourth-order valence-electron chi connectivity index (χ4n) is 0.697. The van der Waals surface area contributed by atoms with E-state index in [1.807, 2.05) is 13.0 Å². The first-order valence-electron chi connectivity index (χ1n) is 4.03. The van der Waals surface area contributed by atoms with Gasteiger partial charge in [0.05, 0.1) is 0 Å². The van der Waals surface area contributed by atoms with Crippen LogP contribution in [0.25, 0.3) is 0 Å². The molecule has 0 bridgehead atoms. The van der Waals surface area contributed by atoms with Crippen LogP contribution >= 0.6 is 0 Å². The molecule has 0 aromatic rings. The zero-order valence-corrected chi connectivity index (χ0v) is 8.07. The Morgan fingerprint density at radius 2 is 2.00 bits per heavy atom. The fraction of sp³-hybridized carbons (Fsp3) is 0.600. The summed E-state index contributed by atoms with van der Waals surface area (Å²) in [6.45, 7) is 12.4. The first-order chi connectivity index (χ1) is 4.90. The Hall–Kier alpha value is -0.720. The van der Waals surface area contributed by atoms with Crippen molar-refractivity contribution in [3.05, 3.63) is 23.9 Å². The van der Waals surface area contributed by atoms with Gasteiger partial charge < -0.3 is 5.73 Å². The summed E-state index contributed by atoms with van der Waals surface area (Å²) in [6.07, 6.45) is 3.04. The average molecular weight is 153 g/mol. The van der Waals surface area contributed by atoms with Gasteiger partial charge in [0.25, 0.3) is 0 Å². The lowest BCUT2D eigenvalue weighted by Crippen LogP contribution is -2.11.